The number of benzene rings is 2. The first-order valence-electron chi connectivity index (χ1n) is 9.01. The quantitative estimate of drug-likeness (QED) is 0.536. The lowest BCUT2D eigenvalue weighted by Gasteiger charge is -2.15. The molecule has 2 aromatic carbocycles. The second-order valence-electron chi connectivity index (χ2n) is 6.34. The molecular formula is C22H21ClFNO4. The van der Waals surface area contributed by atoms with Crippen molar-refractivity contribution in [3.8, 4) is 17.2 Å². The van der Waals surface area contributed by atoms with Crippen LogP contribution in [0, 0.1) is 12.7 Å². The fourth-order valence-electron chi connectivity index (χ4n) is 2.79. The molecule has 0 fully saturated rings. The lowest BCUT2D eigenvalue weighted by Crippen LogP contribution is -2.17. The summed E-state index contributed by atoms with van der Waals surface area (Å²) < 4.78 is 32.3. The number of ether oxygens (including phenoxy) is 3. The molecule has 0 atom stereocenters. The molecule has 1 aromatic heterocycles. The van der Waals surface area contributed by atoms with Crippen molar-refractivity contribution < 1.29 is 18.6 Å². The van der Waals surface area contributed by atoms with E-state index in [0.29, 0.717) is 29.4 Å². The van der Waals surface area contributed by atoms with Gasteiger partial charge in [0.1, 0.15) is 30.5 Å². The Balaban J connectivity index is 1.65. The van der Waals surface area contributed by atoms with E-state index < -0.39 is 5.82 Å². The molecule has 1 heterocycles. The predicted octanol–water partition coefficient (Wildman–Crippen LogP) is 4.62. The van der Waals surface area contributed by atoms with E-state index in [0.717, 1.165) is 11.5 Å². The van der Waals surface area contributed by atoms with Crippen LogP contribution in [0.1, 0.15) is 11.3 Å². The number of methoxy groups -OCH3 is 1. The molecule has 0 N–H and O–H groups in total. The Morgan fingerprint density at radius 3 is 2.45 bits per heavy atom. The van der Waals surface area contributed by atoms with Crippen molar-refractivity contribution in [2.45, 2.75) is 20.1 Å². The molecule has 3 rings (SSSR count). The first-order valence-corrected chi connectivity index (χ1v) is 9.39. The van der Waals surface area contributed by atoms with Crippen LogP contribution in [0.2, 0.25) is 5.02 Å². The van der Waals surface area contributed by atoms with Crippen molar-refractivity contribution in [1.29, 1.82) is 0 Å². The molecule has 0 spiro atoms. The molecule has 0 amide bonds. The highest BCUT2D eigenvalue weighted by Gasteiger charge is 2.11. The van der Waals surface area contributed by atoms with Gasteiger partial charge in [-0.3, -0.25) is 4.79 Å². The molecule has 0 saturated heterocycles. The zero-order valence-corrected chi connectivity index (χ0v) is 16.9. The zero-order valence-electron chi connectivity index (χ0n) is 16.2. The third kappa shape index (κ3) is 5.29. The molecule has 0 aliphatic heterocycles. The molecule has 0 radical (unpaired) electrons. The minimum Gasteiger partial charge on any atom is -0.497 e. The highest BCUT2D eigenvalue weighted by molar-refractivity contribution is 6.30. The monoisotopic (exact) mass is 417 g/mol. The van der Waals surface area contributed by atoms with E-state index in [1.165, 1.54) is 18.2 Å². The maximum atomic E-state index is 13.9. The molecule has 5 nitrogen and oxygen atoms in total. The predicted molar refractivity (Wildman–Crippen MR) is 110 cm³/mol. The summed E-state index contributed by atoms with van der Waals surface area (Å²) in [7, 11) is 1.61. The highest BCUT2D eigenvalue weighted by atomic mass is 35.5. The highest BCUT2D eigenvalue weighted by Crippen LogP contribution is 2.19. The Labute approximate surface area is 173 Å². The van der Waals surface area contributed by atoms with Crippen molar-refractivity contribution in [2.24, 2.45) is 0 Å². The van der Waals surface area contributed by atoms with Crippen molar-refractivity contribution in [3.05, 3.63) is 87.0 Å². The van der Waals surface area contributed by atoms with Gasteiger partial charge in [-0.1, -0.05) is 17.7 Å². The second kappa shape index (κ2) is 9.47. The Bertz CT molecular complexity index is 1030. The molecule has 0 aliphatic rings. The van der Waals surface area contributed by atoms with Gasteiger partial charge in [0.05, 0.1) is 19.3 Å². The first kappa shape index (κ1) is 20.7. The van der Waals surface area contributed by atoms with Crippen LogP contribution in [-0.4, -0.2) is 18.3 Å². The van der Waals surface area contributed by atoms with E-state index >= 15 is 0 Å². The molecule has 0 saturated carbocycles. The maximum absolute atomic E-state index is 13.9. The van der Waals surface area contributed by atoms with Gasteiger partial charge in [-0.15, -0.1) is 0 Å². The van der Waals surface area contributed by atoms with E-state index in [2.05, 4.69) is 0 Å². The molecule has 0 unspecified atom stereocenters. The van der Waals surface area contributed by atoms with Crippen molar-refractivity contribution in [1.82, 2.24) is 4.57 Å². The molecule has 0 bridgehead atoms. The van der Waals surface area contributed by atoms with Crippen LogP contribution in [0.3, 0.4) is 0 Å². The Morgan fingerprint density at radius 2 is 1.76 bits per heavy atom. The van der Waals surface area contributed by atoms with Gasteiger partial charge in [0.15, 0.2) is 5.75 Å². The summed E-state index contributed by atoms with van der Waals surface area (Å²) in [6.45, 7) is 2.64. The Morgan fingerprint density at radius 1 is 1.03 bits per heavy atom. The van der Waals surface area contributed by atoms with Crippen LogP contribution in [0.25, 0.3) is 0 Å². The van der Waals surface area contributed by atoms with Gasteiger partial charge in [0.2, 0.25) is 5.43 Å². The topological polar surface area (TPSA) is 49.7 Å². The first-order chi connectivity index (χ1) is 14.0. The van der Waals surface area contributed by atoms with Gasteiger partial charge < -0.3 is 18.8 Å². The number of pyridine rings is 1. The minimum atomic E-state index is -0.473. The smallest absolute Gasteiger partial charge is 0.223 e. The largest absolute Gasteiger partial charge is 0.497 e. The van der Waals surface area contributed by atoms with Crippen LogP contribution >= 0.6 is 11.6 Å². The normalized spacial score (nSPS) is 10.6. The minimum absolute atomic E-state index is 0.0640. The summed E-state index contributed by atoms with van der Waals surface area (Å²) in [6, 6.07) is 13.1. The Kier molecular flexibility index (Phi) is 6.77. The number of hydrogen-bond acceptors (Lipinski definition) is 4. The zero-order chi connectivity index (χ0) is 20.8. The number of halogens is 2. The maximum Gasteiger partial charge on any atom is 0.223 e. The third-order valence-electron chi connectivity index (χ3n) is 4.44. The average molecular weight is 418 g/mol. The van der Waals surface area contributed by atoms with Crippen LogP contribution in [0.4, 0.5) is 4.39 Å². The summed E-state index contributed by atoms with van der Waals surface area (Å²) in [6.07, 6.45) is 1.69. The Hall–Kier alpha value is -2.99. The van der Waals surface area contributed by atoms with Crippen molar-refractivity contribution in [3.63, 3.8) is 0 Å². The summed E-state index contributed by atoms with van der Waals surface area (Å²) in [5, 5.41) is 0.307. The number of hydrogen-bond donors (Lipinski definition) is 0. The standard InChI is InChI=1S/C22H21ClFNO4/c1-15-22(29-14-16-3-4-17(23)13-20(16)24)21(26)9-10-25(15)11-12-28-19-7-5-18(27-2)6-8-19/h3-10,13H,11-12,14H2,1-2H3. The van der Waals surface area contributed by atoms with E-state index in [4.69, 9.17) is 25.8 Å². The van der Waals surface area contributed by atoms with Gasteiger partial charge >= 0.3 is 0 Å². The van der Waals surface area contributed by atoms with Crippen molar-refractivity contribution in [2.75, 3.05) is 13.7 Å². The molecule has 7 heteroatoms. The van der Waals surface area contributed by atoms with E-state index in [9.17, 15) is 9.18 Å². The average Bonchev–Trinajstić information content (AvgIpc) is 2.71. The lowest BCUT2D eigenvalue weighted by atomic mass is 10.2. The molecule has 152 valence electrons. The summed E-state index contributed by atoms with van der Waals surface area (Å²) >= 11 is 5.76. The van der Waals surface area contributed by atoms with Gasteiger partial charge in [-0.05, 0) is 43.3 Å². The van der Waals surface area contributed by atoms with Crippen LogP contribution in [0.5, 0.6) is 17.2 Å². The number of aromatic nitrogens is 1. The fourth-order valence-corrected chi connectivity index (χ4v) is 2.95. The number of nitrogens with zero attached hydrogens (tertiary/aromatic N) is 1. The van der Waals surface area contributed by atoms with Crippen LogP contribution in [-0.2, 0) is 13.2 Å². The SMILES string of the molecule is COc1ccc(OCCn2ccc(=O)c(OCc3ccc(Cl)cc3F)c2C)cc1. The fraction of sp³-hybridized carbons (Fsp3) is 0.227. The van der Waals surface area contributed by atoms with Gasteiger partial charge in [0.25, 0.3) is 0 Å². The van der Waals surface area contributed by atoms with Crippen LogP contribution < -0.4 is 19.6 Å². The van der Waals surface area contributed by atoms with Gasteiger partial charge in [0, 0.05) is 22.8 Å². The molecule has 0 aliphatic carbocycles. The van der Waals surface area contributed by atoms with E-state index in [-0.39, 0.29) is 17.8 Å². The summed E-state index contributed by atoms with van der Waals surface area (Å²) in [5.74, 6) is 1.19. The second-order valence-corrected chi connectivity index (χ2v) is 6.77. The lowest BCUT2D eigenvalue weighted by molar-refractivity contribution is 0.280. The van der Waals surface area contributed by atoms with Crippen molar-refractivity contribution >= 4 is 11.6 Å². The molecular weight excluding hydrogens is 397 g/mol. The molecule has 3 aromatic rings. The third-order valence-corrected chi connectivity index (χ3v) is 4.67. The molecule has 29 heavy (non-hydrogen) atoms. The van der Waals surface area contributed by atoms with E-state index in [1.54, 1.807) is 26.3 Å². The summed E-state index contributed by atoms with van der Waals surface area (Å²) in [5.41, 5.74) is 0.709. The summed E-state index contributed by atoms with van der Waals surface area (Å²) in [4.78, 5) is 12.2. The van der Waals surface area contributed by atoms with Gasteiger partial charge in [-0.25, -0.2) is 4.39 Å². The van der Waals surface area contributed by atoms with Gasteiger partial charge in [-0.2, -0.15) is 0 Å². The number of rotatable bonds is 8. The van der Waals surface area contributed by atoms with Crippen LogP contribution in [0.15, 0.2) is 59.5 Å². The van der Waals surface area contributed by atoms with E-state index in [1.807, 2.05) is 28.8 Å².